The molecule has 0 aliphatic rings. The van der Waals surface area contributed by atoms with E-state index in [2.05, 4.69) is 12.2 Å². The minimum atomic E-state index is -1.21. The van der Waals surface area contributed by atoms with Crippen molar-refractivity contribution in [3.8, 4) is 0 Å². The fourth-order valence-electron chi connectivity index (χ4n) is 2.50. The van der Waals surface area contributed by atoms with Crippen LogP contribution < -0.4 is 11.5 Å². The van der Waals surface area contributed by atoms with E-state index in [9.17, 15) is 0 Å². The van der Waals surface area contributed by atoms with Crippen LogP contribution in [0.5, 0.6) is 0 Å². The Morgan fingerprint density at radius 1 is 0.682 bits per heavy atom. The van der Waals surface area contributed by atoms with Gasteiger partial charge in [0.05, 0.1) is 0 Å². The lowest BCUT2D eigenvalue weighted by Crippen LogP contribution is -2.26. The summed E-state index contributed by atoms with van der Waals surface area (Å²) >= 11 is 0. The second-order valence-electron chi connectivity index (χ2n) is 5.93. The summed E-state index contributed by atoms with van der Waals surface area (Å²) in [5.41, 5.74) is 0. The van der Waals surface area contributed by atoms with Crippen LogP contribution in [0.3, 0.4) is 0 Å². The van der Waals surface area contributed by atoms with Crippen molar-refractivity contribution in [3.63, 3.8) is 0 Å². The molecule has 0 radical (unpaired) electrons. The van der Waals surface area contributed by atoms with Crippen LogP contribution in [0, 0.1) is 0 Å². The molecule has 0 saturated carbocycles. The highest BCUT2D eigenvalue weighted by Crippen LogP contribution is 2.12. The Kier molecular flexibility index (Phi) is 29.1. The van der Waals surface area contributed by atoms with Gasteiger partial charge in [-0.15, -0.1) is 17.0 Å². The number of nitrogens with one attached hydrogen (secondary N) is 1. The first-order valence-electron chi connectivity index (χ1n) is 8.84. The Morgan fingerprint density at radius 3 is 1.41 bits per heavy atom. The molecule has 5 heteroatoms. The molecule has 138 valence electrons. The van der Waals surface area contributed by atoms with E-state index < -0.39 is 6.29 Å². The zero-order valence-corrected chi connectivity index (χ0v) is 16.4. The molecule has 6 N–H and O–H groups in total. The topological polar surface area (TPSA) is 87.5 Å². The normalized spacial score (nSPS) is 10.4. The molecule has 0 amide bonds. The van der Waals surface area contributed by atoms with Crippen LogP contribution in [0.1, 0.15) is 90.4 Å². The first-order valence-corrected chi connectivity index (χ1v) is 8.84. The molecule has 0 atom stereocenters. The van der Waals surface area contributed by atoms with Crippen LogP contribution in [0.2, 0.25) is 0 Å². The molecule has 0 aliphatic heterocycles. The Labute approximate surface area is 148 Å². The van der Waals surface area contributed by atoms with E-state index in [0.29, 0.717) is 0 Å². The minimum Gasteiger partial charge on any atom is -0.367 e. The summed E-state index contributed by atoms with van der Waals surface area (Å²) in [4.78, 5) is 0. The molecule has 0 aromatic heterocycles. The third kappa shape index (κ3) is 25.3. The molecule has 0 aliphatic carbocycles. The zero-order valence-electron chi connectivity index (χ0n) is 14.7. The van der Waals surface area contributed by atoms with Crippen molar-refractivity contribution in [3.05, 3.63) is 0 Å². The first kappa shape index (κ1) is 27.2. The van der Waals surface area contributed by atoms with Crippen molar-refractivity contribution in [2.75, 3.05) is 13.1 Å². The second kappa shape index (κ2) is 23.6. The summed E-state index contributed by atoms with van der Waals surface area (Å²) in [6, 6.07) is 0. The van der Waals surface area contributed by atoms with Crippen molar-refractivity contribution in [2.45, 2.75) is 96.7 Å². The molecular formula is C17H41BrN2O2. The maximum absolute atomic E-state index is 8.65. The first-order chi connectivity index (χ1) is 9.77. The fraction of sp³-hybridized carbons (Fsp3) is 1.00. The molecule has 22 heavy (non-hydrogen) atoms. The number of unbranched alkanes of at least 4 members (excludes halogenated alkanes) is 12. The van der Waals surface area contributed by atoms with Gasteiger partial charge in [-0.25, -0.2) is 0 Å². The van der Waals surface area contributed by atoms with E-state index in [4.69, 9.17) is 10.2 Å². The van der Waals surface area contributed by atoms with Crippen molar-refractivity contribution >= 4 is 17.0 Å². The van der Waals surface area contributed by atoms with Crippen LogP contribution in [0.25, 0.3) is 0 Å². The highest BCUT2D eigenvalue weighted by atomic mass is 79.9. The van der Waals surface area contributed by atoms with E-state index in [1.807, 2.05) is 0 Å². The van der Waals surface area contributed by atoms with E-state index in [-0.39, 0.29) is 29.7 Å². The third-order valence-corrected chi connectivity index (χ3v) is 3.78. The van der Waals surface area contributed by atoms with E-state index in [0.717, 1.165) is 13.0 Å². The highest BCUT2D eigenvalue weighted by molar-refractivity contribution is 8.93. The number of hydrogen-bond donors (Lipinski definition) is 4. The molecule has 0 spiro atoms. The summed E-state index contributed by atoms with van der Waals surface area (Å²) in [6.45, 7) is 3.46. The van der Waals surface area contributed by atoms with Gasteiger partial charge in [0, 0.05) is 6.54 Å². The largest absolute Gasteiger partial charge is 0.367 e. The lowest BCUT2D eigenvalue weighted by atomic mass is 10.0. The molecule has 0 saturated heterocycles. The number of halogens is 1. The van der Waals surface area contributed by atoms with Gasteiger partial charge in [-0.3, -0.25) is 0 Å². The summed E-state index contributed by atoms with van der Waals surface area (Å²) in [6.07, 6.45) is 16.6. The summed E-state index contributed by atoms with van der Waals surface area (Å²) < 4.78 is 0. The van der Waals surface area contributed by atoms with Crippen LogP contribution in [-0.4, -0.2) is 29.6 Å². The Balaban J connectivity index is -0.00000180. The molecule has 0 heterocycles. The predicted octanol–water partition coefficient (Wildman–Crippen LogP) is 4.72. The van der Waals surface area contributed by atoms with E-state index >= 15 is 0 Å². The van der Waals surface area contributed by atoms with Gasteiger partial charge < -0.3 is 21.7 Å². The quantitative estimate of drug-likeness (QED) is 0.229. The van der Waals surface area contributed by atoms with Gasteiger partial charge >= 0.3 is 0 Å². The van der Waals surface area contributed by atoms with Crippen LogP contribution >= 0.6 is 17.0 Å². The molecule has 0 aromatic carbocycles. The van der Waals surface area contributed by atoms with Crippen molar-refractivity contribution in [2.24, 2.45) is 0 Å². The van der Waals surface area contributed by atoms with E-state index in [1.54, 1.807) is 0 Å². The van der Waals surface area contributed by atoms with Gasteiger partial charge in [0.2, 0.25) is 0 Å². The Bertz CT molecular complexity index is 184. The average Bonchev–Trinajstić information content (AvgIpc) is 2.43. The second-order valence-corrected chi connectivity index (χ2v) is 5.93. The zero-order chi connectivity index (χ0) is 14.9. The Hall–Kier alpha value is 0.320. The molecule has 0 fully saturated rings. The molecule has 0 rings (SSSR count). The van der Waals surface area contributed by atoms with Gasteiger partial charge in [0.25, 0.3) is 0 Å². The van der Waals surface area contributed by atoms with Gasteiger partial charge in [-0.2, -0.15) is 0 Å². The summed E-state index contributed by atoms with van der Waals surface area (Å²) in [5, 5.41) is 20.3. The summed E-state index contributed by atoms with van der Waals surface area (Å²) in [5.74, 6) is 0. The lowest BCUT2D eigenvalue weighted by Gasteiger charge is -2.06. The minimum absolute atomic E-state index is 0. The maximum atomic E-state index is 8.65. The number of aliphatic hydroxyl groups is 2. The van der Waals surface area contributed by atoms with Gasteiger partial charge in [-0.1, -0.05) is 84.0 Å². The van der Waals surface area contributed by atoms with Crippen LogP contribution in [0.15, 0.2) is 0 Å². The van der Waals surface area contributed by atoms with Crippen LogP contribution in [0.4, 0.5) is 0 Å². The standard InChI is InChI=1S/C17H37NO2.BrH.H3N/c1-2-3-4-5-6-7-8-9-10-11-12-13-14-15-18-16-17(19)20;;/h17-20H,2-16H2,1H3;1H;1H3. The molecule has 4 nitrogen and oxygen atoms in total. The SMILES string of the molecule is Br.CCCCCCCCCCCCCCCNCC(O)O.N. The molecular weight excluding hydrogens is 344 g/mol. The average molecular weight is 385 g/mol. The summed E-state index contributed by atoms with van der Waals surface area (Å²) in [7, 11) is 0. The number of rotatable bonds is 16. The maximum Gasteiger partial charge on any atom is 0.164 e. The van der Waals surface area contributed by atoms with Crippen LogP contribution in [-0.2, 0) is 0 Å². The fourth-order valence-corrected chi connectivity index (χ4v) is 2.50. The van der Waals surface area contributed by atoms with E-state index in [1.165, 1.54) is 77.0 Å². The number of aliphatic hydroxyl groups excluding tert-OH is 1. The molecule has 0 bridgehead atoms. The smallest absolute Gasteiger partial charge is 0.164 e. The van der Waals surface area contributed by atoms with Gasteiger partial charge in [0.1, 0.15) is 0 Å². The van der Waals surface area contributed by atoms with Gasteiger partial charge in [0.15, 0.2) is 6.29 Å². The van der Waals surface area contributed by atoms with Crippen molar-refractivity contribution < 1.29 is 10.2 Å². The molecule has 0 unspecified atom stereocenters. The number of hydrogen-bond acceptors (Lipinski definition) is 4. The van der Waals surface area contributed by atoms with Crippen molar-refractivity contribution in [1.82, 2.24) is 11.5 Å². The lowest BCUT2D eigenvalue weighted by molar-refractivity contribution is -0.0370. The van der Waals surface area contributed by atoms with Gasteiger partial charge in [-0.05, 0) is 13.0 Å². The predicted molar refractivity (Wildman–Crippen MR) is 102 cm³/mol. The monoisotopic (exact) mass is 384 g/mol. The highest BCUT2D eigenvalue weighted by Gasteiger charge is 1.96. The molecule has 0 aromatic rings. The Morgan fingerprint density at radius 2 is 1.05 bits per heavy atom. The van der Waals surface area contributed by atoms with Crippen molar-refractivity contribution in [1.29, 1.82) is 0 Å². The third-order valence-electron chi connectivity index (χ3n) is 3.78.